The van der Waals surface area contributed by atoms with E-state index in [2.05, 4.69) is 9.71 Å². The van der Waals surface area contributed by atoms with E-state index in [1.54, 1.807) is 23.6 Å². The van der Waals surface area contributed by atoms with Gasteiger partial charge in [-0.1, -0.05) is 0 Å². The first-order valence-electron chi connectivity index (χ1n) is 4.83. The smallest absolute Gasteiger partial charge is 0.263 e. The molecule has 0 aliphatic rings. The molecule has 0 bridgehead atoms. The van der Waals surface area contributed by atoms with E-state index >= 15 is 0 Å². The third-order valence-corrected chi connectivity index (χ3v) is 4.65. The minimum Gasteiger partial charge on any atom is -0.326 e. The van der Waals surface area contributed by atoms with Crippen molar-refractivity contribution in [2.75, 3.05) is 4.72 Å². The number of sulfonamides is 1. The van der Waals surface area contributed by atoms with Gasteiger partial charge in [-0.15, -0.1) is 11.3 Å². The Bertz CT molecular complexity index is 593. The Morgan fingerprint density at radius 2 is 2.00 bits per heavy atom. The molecule has 0 fully saturated rings. The second-order valence-electron chi connectivity index (χ2n) is 3.25. The second kappa shape index (κ2) is 4.82. The number of rotatable bonds is 4. The van der Waals surface area contributed by atoms with Gasteiger partial charge in [0.1, 0.15) is 4.90 Å². The molecule has 0 aromatic carbocycles. The van der Waals surface area contributed by atoms with Crippen LogP contribution in [0.25, 0.3) is 0 Å². The van der Waals surface area contributed by atoms with E-state index in [-0.39, 0.29) is 11.4 Å². The van der Waals surface area contributed by atoms with Crippen LogP contribution in [-0.2, 0) is 16.6 Å². The molecule has 17 heavy (non-hydrogen) atoms. The molecule has 0 saturated carbocycles. The topological polar surface area (TPSA) is 85.1 Å². The average molecular weight is 269 g/mol. The molecule has 2 heterocycles. The van der Waals surface area contributed by atoms with Gasteiger partial charge in [-0.25, -0.2) is 8.42 Å². The molecule has 2 rings (SSSR count). The van der Waals surface area contributed by atoms with E-state index in [1.807, 2.05) is 0 Å². The summed E-state index contributed by atoms with van der Waals surface area (Å²) in [5.41, 5.74) is 5.97. The summed E-state index contributed by atoms with van der Waals surface area (Å²) in [7, 11) is -3.56. The zero-order valence-corrected chi connectivity index (χ0v) is 10.5. The fourth-order valence-electron chi connectivity index (χ4n) is 1.35. The van der Waals surface area contributed by atoms with Gasteiger partial charge < -0.3 is 5.73 Å². The molecule has 0 atom stereocenters. The molecule has 7 heteroatoms. The van der Waals surface area contributed by atoms with Crippen LogP contribution in [0.4, 0.5) is 5.69 Å². The third-order valence-electron chi connectivity index (χ3n) is 2.11. The maximum Gasteiger partial charge on any atom is 0.263 e. The molecule has 0 spiro atoms. The highest BCUT2D eigenvalue weighted by Crippen LogP contribution is 2.23. The summed E-state index contributed by atoms with van der Waals surface area (Å²) in [5, 5.41) is 1.71. The van der Waals surface area contributed by atoms with Gasteiger partial charge in [0.05, 0.1) is 5.69 Å². The van der Waals surface area contributed by atoms with E-state index in [9.17, 15) is 8.42 Å². The van der Waals surface area contributed by atoms with Crippen molar-refractivity contribution in [1.82, 2.24) is 4.98 Å². The van der Waals surface area contributed by atoms with Crippen molar-refractivity contribution in [2.45, 2.75) is 11.4 Å². The zero-order valence-electron chi connectivity index (χ0n) is 8.83. The molecule has 0 unspecified atom stereocenters. The van der Waals surface area contributed by atoms with E-state index < -0.39 is 10.0 Å². The molecule has 2 aromatic heterocycles. The van der Waals surface area contributed by atoms with Crippen molar-refractivity contribution < 1.29 is 8.42 Å². The molecule has 0 saturated heterocycles. The summed E-state index contributed by atoms with van der Waals surface area (Å²) in [6.45, 7) is 0.213. The lowest BCUT2D eigenvalue weighted by molar-refractivity contribution is 0.600. The molecule has 0 radical (unpaired) electrons. The summed E-state index contributed by atoms with van der Waals surface area (Å²) in [5.74, 6) is 0. The quantitative estimate of drug-likeness (QED) is 0.878. The van der Waals surface area contributed by atoms with Crippen molar-refractivity contribution in [1.29, 1.82) is 0 Å². The Labute approximate surface area is 103 Å². The van der Waals surface area contributed by atoms with Crippen LogP contribution < -0.4 is 10.5 Å². The van der Waals surface area contributed by atoms with Crippen LogP contribution in [0, 0.1) is 0 Å². The van der Waals surface area contributed by atoms with E-state index in [4.69, 9.17) is 5.73 Å². The lowest BCUT2D eigenvalue weighted by atomic mass is 10.4. The highest BCUT2D eigenvalue weighted by Gasteiger charge is 2.18. The molecule has 0 aliphatic heterocycles. The van der Waals surface area contributed by atoms with E-state index in [0.717, 1.165) is 0 Å². The Morgan fingerprint density at radius 3 is 2.65 bits per heavy atom. The number of nitrogens with one attached hydrogen (secondary N) is 1. The highest BCUT2D eigenvalue weighted by molar-refractivity contribution is 7.93. The Morgan fingerprint density at radius 1 is 1.29 bits per heavy atom. The molecule has 0 aliphatic carbocycles. The highest BCUT2D eigenvalue weighted by atomic mass is 32.2. The van der Waals surface area contributed by atoms with Crippen LogP contribution in [0.15, 0.2) is 40.9 Å². The second-order valence-corrected chi connectivity index (χ2v) is 5.91. The molecule has 90 valence electrons. The lowest BCUT2D eigenvalue weighted by Crippen LogP contribution is -2.14. The number of nitrogens with zero attached hydrogens (tertiary/aromatic N) is 1. The first-order chi connectivity index (χ1) is 8.13. The van der Waals surface area contributed by atoms with Gasteiger partial charge in [-0.05, 0) is 23.6 Å². The van der Waals surface area contributed by atoms with Crippen LogP contribution in [0.3, 0.4) is 0 Å². The van der Waals surface area contributed by atoms with Crippen molar-refractivity contribution in [3.8, 4) is 0 Å². The number of hydrogen-bond acceptors (Lipinski definition) is 5. The van der Waals surface area contributed by atoms with Gasteiger partial charge in [0.25, 0.3) is 10.0 Å². The number of nitrogens with two attached hydrogens (primary N) is 1. The summed E-state index contributed by atoms with van der Waals surface area (Å²) >= 11 is 1.33. The minimum atomic E-state index is -3.56. The summed E-state index contributed by atoms with van der Waals surface area (Å²) < 4.78 is 26.6. The summed E-state index contributed by atoms with van der Waals surface area (Å²) in [6, 6.07) is 4.73. The fourth-order valence-corrected chi connectivity index (χ4v) is 3.74. The normalized spacial score (nSPS) is 11.4. The van der Waals surface area contributed by atoms with Crippen molar-refractivity contribution in [3.63, 3.8) is 0 Å². The monoisotopic (exact) mass is 269 g/mol. The molecule has 5 nitrogen and oxygen atoms in total. The summed E-state index contributed by atoms with van der Waals surface area (Å²) in [4.78, 5) is 4.70. The van der Waals surface area contributed by atoms with Gasteiger partial charge in [0.2, 0.25) is 0 Å². The van der Waals surface area contributed by atoms with Crippen molar-refractivity contribution in [2.24, 2.45) is 5.73 Å². The van der Waals surface area contributed by atoms with E-state index in [0.29, 0.717) is 10.6 Å². The Hall–Kier alpha value is -1.44. The maximum atomic E-state index is 12.1. The molecule has 0 amide bonds. The SMILES string of the molecule is NCc1sccc1S(=O)(=O)Nc1ccncc1. The summed E-state index contributed by atoms with van der Waals surface area (Å²) in [6.07, 6.45) is 3.05. The number of hydrogen-bond donors (Lipinski definition) is 2. The van der Waals surface area contributed by atoms with Gasteiger partial charge in [-0.2, -0.15) is 0 Å². The average Bonchev–Trinajstić information content (AvgIpc) is 2.78. The standard InChI is InChI=1S/C10H11N3O2S2/c11-7-9-10(3-6-16-9)17(14,15)13-8-1-4-12-5-2-8/h1-6H,7,11H2,(H,12,13). The molecular formula is C10H11N3O2S2. The van der Waals surface area contributed by atoms with Gasteiger partial charge in [0, 0.05) is 23.8 Å². The van der Waals surface area contributed by atoms with Crippen molar-refractivity contribution >= 4 is 27.0 Å². The zero-order chi connectivity index (χ0) is 12.3. The van der Waals surface area contributed by atoms with E-state index in [1.165, 1.54) is 23.7 Å². The van der Waals surface area contributed by atoms with Gasteiger partial charge >= 0.3 is 0 Å². The predicted octanol–water partition coefficient (Wildman–Crippen LogP) is 1.40. The number of pyridine rings is 1. The number of aromatic nitrogens is 1. The minimum absolute atomic E-state index is 0.213. The Kier molecular flexibility index (Phi) is 3.41. The first-order valence-corrected chi connectivity index (χ1v) is 7.19. The fraction of sp³-hybridized carbons (Fsp3) is 0.100. The number of anilines is 1. The maximum absolute atomic E-state index is 12.1. The lowest BCUT2D eigenvalue weighted by Gasteiger charge is -2.07. The van der Waals surface area contributed by atoms with Crippen LogP contribution in [0.1, 0.15) is 4.88 Å². The third kappa shape index (κ3) is 2.63. The van der Waals surface area contributed by atoms with Crippen LogP contribution in [0.5, 0.6) is 0 Å². The van der Waals surface area contributed by atoms with Gasteiger partial charge in [0.15, 0.2) is 0 Å². The first kappa shape index (κ1) is 12.0. The van der Waals surface area contributed by atoms with Crippen LogP contribution in [0.2, 0.25) is 0 Å². The van der Waals surface area contributed by atoms with Gasteiger partial charge in [-0.3, -0.25) is 9.71 Å². The van der Waals surface area contributed by atoms with Crippen LogP contribution in [-0.4, -0.2) is 13.4 Å². The van der Waals surface area contributed by atoms with Crippen molar-refractivity contribution in [3.05, 3.63) is 40.8 Å². The largest absolute Gasteiger partial charge is 0.326 e. The predicted molar refractivity (Wildman–Crippen MR) is 67.3 cm³/mol. The molecular weight excluding hydrogens is 258 g/mol. The molecule has 3 N–H and O–H groups in total. The van der Waals surface area contributed by atoms with Crippen LogP contribution >= 0.6 is 11.3 Å². The molecule has 2 aromatic rings. The Balaban J connectivity index is 2.32. The number of thiophene rings is 1.